The smallest absolute Gasteiger partial charge is 0.336 e. The summed E-state index contributed by atoms with van der Waals surface area (Å²) in [4.78, 5) is 25.9. The Bertz CT molecular complexity index is 1620. The average molecular weight is 498 g/mol. The molecule has 0 unspecified atom stereocenters. The summed E-state index contributed by atoms with van der Waals surface area (Å²) in [5.74, 6) is -0.661. The van der Waals surface area contributed by atoms with Crippen molar-refractivity contribution in [3.05, 3.63) is 80.9 Å². The number of likely N-dealkylation sites (N-methyl/N-ethyl adjacent to an activating group) is 2. The Morgan fingerprint density at radius 2 is 1.86 bits per heavy atom. The van der Waals surface area contributed by atoms with Gasteiger partial charge in [0.15, 0.2) is 0 Å². The molecule has 0 aromatic heterocycles. The monoisotopic (exact) mass is 497 g/mol. The van der Waals surface area contributed by atoms with E-state index < -0.39 is 14.0 Å². The van der Waals surface area contributed by atoms with Gasteiger partial charge in [0.1, 0.15) is 27.4 Å². The molecule has 0 radical (unpaired) electrons. The molecule has 0 bridgehead atoms. The maximum atomic E-state index is 12.4. The van der Waals surface area contributed by atoms with E-state index in [0.717, 1.165) is 42.3 Å². The fraction of sp³-hybridized carbons (Fsp3) is 0.276. The van der Waals surface area contributed by atoms with E-state index in [1.807, 2.05) is 0 Å². The van der Waals surface area contributed by atoms with Crippen LogP contribution in [0.15, 0.2) is 42.5 Å². The van der Waals surface area contributed by atoms with Crippen molar-refractivity contribution in [2.45, 2.75) is 25.9 Å². The van der Waals surface area contributed by atoms with Crippen molar-refractivity contribution in [1.82, 2.24) is 4.58 Å². The van der Waals surface area contributed by atoms with Gasteiger partial charge in [-0.3, -0.25) is 4.79 Å². The molecule has 36 heavy (non-hydrogen) atoms. The molecule has 3 heterocycles. The van der Waals surface area contributed by atoms with Crippen LogP contribution < -0.4 is 35.2 Å². The molecule has 3 aliphatic rings. The number of hydrogen-bond donors (Lipinski definition) is 1. The van der Waals surface area contributed by atoms with E-state index in [4.69, 9.17) is 4.74 Å². The van der Waals surface area contributed by atoms with Crippen LogP contribution in [0.3, 0.4) is 0 Å². The minimum Gasteiger partial charge on any atom is -0.478 e. The van der Waals surface area contributed by atoms with Gasteiger partial charge < -0.3 is 14.7 Å². The van der Waals surface area contributed by atoms with Crippen LogP contribution in [0.25, 0.3) is 5.57 Å². The van der Waals surface area contributed by atoms with Crippen LogP contribution in [-0.2, 0) is 17.6 Å². The van der Waals surface area contributed by atoms with Crippen molar-refractivity contribution in [3.8, 4) is 5.75 Å². The molecular weight excluding hydrogens is 468 g/mol. The van der Waals surface area contributed by atoms with Gasteiger partial charge >= 0.3 is 5.97 Å². The van der Waals surface area contributed by atoms with Crippen LogP contribution in [0.2, 0.25) is 13.1 Å². The summed E-state index contributed by atoms with van der Waals surface area (Å²) in [5.41, 5.74) is 6.69. The van der Waals surface area contributed by atoms with Crippen LogP contribution in [-0.4, -0.2) is 52.8 Å². The summed E-state index contributed by atoms with van der Waals surface area (Å²) in [7, 11) is 2.14. The summed E-state index contributed by atoms with van der Waals surface area (Å²) in [6.07, 6.45) is 1.94. The number of hydrogen-bond acceptors (Lipinski definition) is 4. The van der Waals surface area contributed by atoms with Gasteiger partial charge in [0.2, 0.25) is 5.36 Å². The lowest BCUT2D eigenvalue weighted by atomic mass is 9.89. The minimum absolute atomic E-state index is 0.205. The number of carbonyl (C=O) groups excluding carboxylic acids is 1. The number of fused-ring (bicyclic) bond motifs is 4. The average Bonchev–Trinajstić information content (AvgIpc) is 3.39. The summed E-state index contributed by atoms with van der Waals surface area (Å²) in [6, 6.07) is 14.1. The van der Waals surface area contributed by atoms with Gasteiger partial charge in [0, 0.05) is 42.9 Å². The molecule has 3 aliphatic heterocycles. The van der Waals surface area contributed by atoms with E-state index in [1.54, 1.807) is 18.2 Å². The van der Waals surface area contributed by atoms with Gasteiger partial charge in [-0.25, -0.2) is 9.37 Å². The first-order valence-electron chi connectivity index (χ1n) is 12.3. The third kappa shape index (κ3) is 3.19. The van der Waals surface area contributed by atoms with Crippen LogP contribution in [0, 0.1) is 0 Å². The predicted octanol–water partition coefficient (Wildman–Crippen LogP) is 0.973. The molecule has 0 saturated carbocycles. The number of aromatic carboxylic acids is 1. The second-order valence-electron chi connectivity index (χ2n) is 10.6. The lowest BCUT2D eigenvalue weighted by Gasteiger charge is -2.34. The van der Waals surface area contributed by atoms with Crippen molar-refractivity contribution in [3.63, 3.8) is 0 Å². The topological polar surface area (TPSA) is 69.9 Å². The van der Waals surface area contributed by atoms with Crippen molar-refractivity contribution in [1.29, 1.82) is 0 Å². The molecule has 1 N–H and O–H groups in total. The third-order valence-electron chi connectivity index (χ3n) is 8.25. The maximum Gasteiger partial charge on any atom is 0.336 e. The Hall–Kier alpha value is -3.71. The molecule has 0 spiro atoms. The van der Waals surface area contributed by atoms with Crippen LogP contribution in [0.1, 0.15) is 32.6 Å². The predicted molar refractivity (Wildman–Crippen MR) is 143 cm³/mol. The van der Waals surface area contributed by atoms with Crippen LogP contribution in [0.4, 0.5) is 5.69 Å². The third-order valence-corrected chi connectivity index (χ3v) is 11.8. The highest BCUT2D eigenvalue weighted by Crippen LogP contribution is 2.35. The lowest BCUT2D eigenvalue weighted by Crippen LogP contribution is -2.64. The van der Waals surface area contributed by atoms with E-state index in [1.165, 1.54) is 32.5 Å². The van der Waals surface area contributed by atoms with Gasteiger partial charge in [-0.05, 0) is 75.1 Å². The number of rotatable bonds is 4. The van der Waals surface area contributed by atoms with Gasteiger partial charge in [-0.1, -0.05) is 13.1 Å². The molecule has 0 saturated heterocycles. The molecular formula is C29H29N2O4Si+. The number of carbonyl (C=O) groups is 2. The largest absolute Gasteiger partial charge is 0.478 e. The quantitative estimate of drug-likeness (QED) is 0.331. The summed E-state index contributed by atoms with van der Waals surface area (Å²) < 4.78 is 7.49. The van der Waals surface area contributed by atoms with Gasteiger partial charge in [-0.2, -0.15) is 0 Å². The Morgan fingerprint density at radius 1 is 1.06 bits per heavy atom. The Balaban J connectivity index is 1.80. The molecule has 3 aromatic carbocycles. The normalized spacial score (nSPS) is 16.8. The maximum absolute atomic E-state index is 12.4. The standard InChI is InChI=1S/C29H28N2O4Si/c1-30-9-7-17-11-22-26(14-24(17)30)36(3,4)27-15-25-18(8-10-31(25)2)12-23(27)28(22)21-13-19(35-16-32)5-6-20(21)29(33)34/h5-6,11-16H,7-10H2,1-4H3/p+1. The first kappa shape index (κ1) is 22.7. The highest BCUT2D eigenvalue weighted by molar-refractivity contribution is 7.01. The summed E-state index contributed by atoms with van der Waals surface area (Å²) in [6.45, 7) is 7.13. The highest BCUT2D eigenvalue weighted by Gasteiger charge is 2.39. The molecule has 6 nitrogen and oxygen atoms in total. The zero-order valence-corrected chi connectivity index (χ0v) is 22.0. The van der Waals surface area contributed by atoms with Crippen LogP contribution in [0.5, 0.6) is 5.75 Å². The summed E-state index contributed by atoms with van der Waals surface area (Å²) in [5, 5.41) is 15.2. The number of benzene rings is 3. The first-order valence-corrected chi connectivity index (χ1v) is 15.3. The molecule has 7 heteroatoms. The SMILES string of the molecule is CN1CCc2cc3c(cc21)[Si](C)(C)c1cc2c(cc1=C3c1cc(OC=O)ccc1C(=O)O)CC[N+]=2C. The van der Waals surface area contributed by atoms with E-state index in [2.05, 4.69) is 60.9 Å². The van der Waals surface area contributed by atoms with Crippen LogP contribution >= 0.6 is 0 Å². The number of carboxylic acid groups (broad SMARTS) is 1. The first-order chi connectivity index (χ1) is 17.2. The Kier molecular flexibility index (Phi) is 4.99. The Labute approximate surface area is 210 Å². The van der Waals surface area contributed by atoms with Crippen molar-refractivity contribution < 1.29 is 19.4 Å². The second kappa shape index (κ2) is 7.90. The lowest BCUT2D eigenvalue weighted by molar-refractivity contribution is -0.120. The van der Waals surface area contributed by atoms with Gasteiger partial charge in [0.05, 0.1) is 5.56 Å². The zero-order chi connectivity index (χ0) is 25.4. The summed E-state index contributed by atoms with van der Waals surface area (Å²) >= 11 is 0. The van der Waals surface area contributed by atoms with Crippen molar-refractivity contribution in [2.75, 3.05) is 32.1 Å². The number of carboxylic acids is 1. The number of anilines is 1. The molecule has 0 amide bonds. The van der Waals surface area contributed by atoms with Gasteiger partial charge in [0.25, 0.3) is 6.47 Å². The van der Waals surface area contributed by atoms with Crippen molar-refractivity contribution in [2.24, 2.45) is 0 Å². The van der Waals surface area contributed by atoms with E-state index in [-0.39, 0.29) is 5.56 Å². The molecule has 0 atom stereocenters. The molecule has 6 rings (SSSR count). The number of nitrogens with zero attached hydrogens (tertiary/aromatic N) is 2. The Morgan fingerprint density at radius 3 is 2.61 bits per heavy atom. The zero-order valence-electron chi connectivity index (χ0n) is 21.0. The molecule has 182 valence electrons. The number of ether oxygens (including phenoxy) is 1. The van der Waals surface area contributed by atoms with Gasteiger partial charge in [-0.15, -0.1) is 0 Å². The van der Waals surface area contributed by atoms with E-state index in [9.17, 15) is 14.7 Å². The molecule has 0 fully saturated rings. The van der Waals surface area contributed by atoms with E-state index in [0.29, 0.717) is 17.8 Å². The fourth-order valence-electron chi connectivity index (χ4n) is 6.27. The van der Waals surface area contributed by atoms with E-state index >= 15 is 0 Å². The highest BCUT2D eigenvalue weighted by atomic mass is 28.3. The van der Waals surface area contributed by atoms with Crippen molar-refractivity contribution >= 4 is 42.1 Å². The fourth-order valence-corrected chi connectivity index (χ4v) is 9.29. The molecule has 0 aliphatic carbocycles. The minimum atomic E-state index is -2.13. The molecule has 3 aromatic rings. The second-order valence-corrected chi connectivity index (χ2v) is 15.0.